The van der Waals surface area contributed by atoms with E-state index in [0.29, 0.717) is 24.6 Å². The maximum Gasteiger partial charge on any atom is 0.244 e. The van der Waals surface area contributed by atoms with Gasteiger partial charge >= 0.3 is 0 Å². The lowest BCUT2D eigenvalue weighted by molar-refractivity contribution is -0.116. The number of hydrogen-bond acceptors (Lipinski definition) is 4. The summed E-state index contributed by atoms with van der Waals surface area (Å²) in [7, 11) is 1.62. The Balaban J connectivity index is 1.89. The number of benzene rings is 2. The Morgan fingerprint density at radius 1 is 1.21 bits per heavy atom. The van der Waals surface area contributed by atoms with Gasteiger partial charge in [-0.15, -0.1) is 0 Å². The first-order valence-electron chi connectivity index (χ1n) is 7.73. The highest BCUT2D eigenvalue weighted by Gasteiger charge is 2.01. The number of carbonyl (C=O) groups excluding carboxylic acids is 1. The van der Waals surface area contributed by atoms with E-state index in [1.807, 2.05) is 37.3 Å². The number of nitrogens with one attached hydrogen (secondary N) is 1. The highest BCUT2D eigenvalue weighted by molar-refractivity contribution is 5.91. The predicted molar refractivity (Wildman–Crippen MR) is 95.9 cm³/mol. The number of methoxy groups -OCH3 is 1. The zero-order valence-corrected chi connectivity index (χ0v) is 13.9. The molecule has 0 fully saturated rings. The molecule has 2 aromatic carbocycles. The summed E-state index contributed by atoms with van der Waals surface area (Å²) < 4.78 is 10.5. The monoisotopic (exact) mass is 326 g/mol. The molecule has 0 aliphatic carbocycles. The van der Waals surface area contributed by atoms with Crippen LogP contribution in [0.4, 0.5) is 5.69 Å². The number of anilines is 1. The zero-order chi connectivity index (χ0) is 17.4. The molecule has 0 atom stereocenters. The van der Waals surface area contributed by atoms with Gasteiger partial charge in [0.2, 0.25) is 5.91 Å². The van der Waals surface area contributed by atoms with E-state index in [1.165, 1.54) is 6.08 Å². The van der Waals surface area contributed by atoms with Gasteiger partial charge in [0, 0.05) is 12.6 Å². The van der Waals surface area contributed by atoms with E-state index in [0.717, 1.165) is 16.9 Å². The summed E-state index contributed by atoms with van der Waals surface area (Å²) in [6.45, 7) is 2.92. The number of hydrogen-bond donors (Lipinski definition) is 2. The number of ether oxygens (including phenoxy) is 2. The topological polar surface area (TPSA) is 73.6 Å². The second kappa shape index (κ2) is 8.62. The molecule has 2 aromatic rings. The van der Waals surface area contributed by atoms with Gasteiger partial charge in [0.25, 0.3) is 0 Å². The van der Waals surface area contributed by atoms with Crippen LogP contribution in [0.3, 0.4) is 0 Å². The van der Waals surface area contributed by atoms with Gasteiger partial charge in [0.05, 0.1) is 19.4 Å². The maximum absolute atomic E-state index is 11.9. The highest BCUT2D eigenvalue weighted by Crippen LogP contribution is 2.23. The molecule has 1 amide bonds. The highest BCUT2D eigenvalue weighted by atomic mass is 16.5. The van der Waals surface area contributed by atoms with Crippen molar-refractivity contribution in [3.8, 4) is 11.5 Å². The van der Waals surface area contributed by atoms with Crippen LogP contribution in [0.5, 0.6) is 11.5 Å². The number of nitrogens with two attached hydrogens (primary N) is 1. The quantitative estimate of drug-likeness (QED) is 0.606. The molecule has 3 N–H and O–H groups in total. The molecule has 0 spiro atoms. The largest absolute Gasteiger partial charge is 0.497 e. The van der Waals surface area contributed by atoms with Crippen LogP contribution in [0.25, 0.3) is 6.08 Å². The predicted octanol–water partition coefficient (Wildman–Crippen LogP) is 3.01. The van der Waals surface area contributed by atoms with Crippen LogP contribution in [0.15, 0.2) is 48.5 Å². The van der Waals surface area contributed by atoms with E-state index in [4.69, 9.17) is 15.2 Å². The smallest absolute Gasteiger partial charge is 0.244 e. The fourth-order valence-corrected chi connectivity index (χ4v) is 2.12. The summed E-state index contributed by atoms with van der Waals surface area (Å²) in [5.74, 6) is 1.27. The van der Waals surface area contributed by atoms with Crippen molar-refractivity contribution in [2.24, 2.45) is 0 Å². The molecule has 5 nitrogen and oxygen atoms in total. The van der Waals surface area contributed by atoms with Crippen LogP contribution < -0.4 is 20.5 Å². The number of nitrogen functional groups attached to an aromatic ring is 1. The summed E-state index contributed by atoms with van der Waals surface area (Å²) >= 11 is 0. The van der Waals surface area contributed by atoms with Gasteiger partial charge in [-0.3, -0.25) is 4.79 Å². The lowest BCUT2D eigenvalue weighted by Gasteiger charge is -2.07. The summed E-state index contributed by atoms with van der Waals surface area (Å²) in [6, 6.07) is 13.0. The first-order valence-corrected chi connectivity index (χ1v) is 7.73. The minimum atomic E-state index is -0.168. The van der Waals surface area contributed by atoms with Crippen LogP contribution in [-0.2, 0) is 11.3 Å². The Hall–Kier alpha value is -2.95. The standard InChI is InChI=1S/C19H22N2O3/c1-3-24-18-10-6-14(12-17(18)20)7-11-19(22)21-13-15-4-8-16(23-2)9-5-15/h4-12H,3,13,20H2,1-2H3,(H,21,22)/b11-7-. The van der Waals surface area contributed by atoms with E-state index < -0.39 is 0 Å². The van der Waals surface area contributed by atoms with Crippen LogP contribution in [0.1, 0.15) is 18.1 Å². The first-order chi connectivity index (χ1) is 11.6. The average Bonchev–Trinajstić information content (AvgIpc) is 2.61. The summed E-state index contributed by atoms with van der Waals surface area (Å²) in [4.78, 5) is 11.9. The van der Waals surface area contributed by atoms with Gasteiger partial charge in [-0.2, -0.15) is 0 Å². The molecule has 0 aliphatic rings. The second-order valence-corrected chi connectivity index (χ2v) is 5.13. The molecule has 2 rings (SSSR count). The third-order valence-corrected chi connectivity index (χ3v) is 3.39. The minimum absolute atomic E-state index is 0.168. The molecule has 0 aromatic heterocycles. The van der Waals surface area contributed by atoms with Gasteiger partial charge in [-0.1, -0.05) is 18.2 Å². The van der Waals surface area contributed by atoms with Crippen molar-refractivity contribution < 1.29 is 14.3 Å². The van der Waals surface area contributed by atoms with E-state index in [2.05, 4.69) is 5.32 Å². The summed E-state index contributed by atoms with van der Waals surface area (Å²) in [5.41, 5.74) is 8.30. The molecule has 0 bridgehead atoms. The fourth-order valence-electron chi connectivity index (χ4n) is 2.12. The van der Waals surface area contributed by atoms with Crippen LogP contribution in [0.2, 0.25) is 0 Å². The lowest BCUT2D eigenvalue weighted by atomic mass is 10.1. The van der Waals surface area contributed by atoms with Crippen molar-refractivity contribution >= 4 is 17.7 Å². The second-order valence-electron chi connectivity index (χ2n) is 5.13. The number of amides is 1. The van der Waals surface area contributed by atoms with E-state index in [-0.39, 0.29) is 5.91 Å². The van der Waals surface area contributed by atoms with Crippen molar-refractivity contribution in [1.82, 2.24) is 5.32 Å². The lowest BCUT2D eigenvalue weighted by Crippen LogP contribution is -2.20. The molecule has 0 aliphatic heterocycles. The van der Waals surface area contributed by atoms with Crippen molar-refractivity contribution in [3.63, 3.8) is 0 Å². The average molecular weight is 326 g/mol. The molecular formula is C19H22N2O3. The van der Waals surface area contributed by atoms with Gasteiger partial charge in [0.15, 0.2) is 0 Å². The number of carbonyl (C=O) groups is 1. The Kier molecular flexibility index (Phi) is 6.25. The first kappa shape index (κ1) is 17.4. The Morgan fingerprint density at radius 3 is 2.58 bits per heavy atom. The van der Waals surface area contributed by atoms with Crippen LogP contribution in [0, 0.1) is 0 Å². The third-order valence-electron chi connectivity index (χ3n) is 3.39. The van der Waals surface area contributed by atoms with Gasteiger partial charge in [0.1, 0.15) is 11.5 Å². The normalized spacial score (nSPS) is 10.6. The van der Waals surface area contributed by atoms with Gasteiger partial charge in [-0.25, -0.2) is 0 Å². The van der Waals surface area contributed by atoms with Gasteiger partial charge < -0.3 is 20.5 Å². The van der Waals surface area contributed by atoms with Crippen molar-refractivity contribution in [3.05, 3.63) is 59.7 Å². The van der Waals surface area contributed by atoms with E-state index >= 15 is 0 Å². The molecule has 0 saturated carbocycles. The van der Waals surface area contributed by atoms with Gasteiger partial charge in [-0.05, 0) is 48.4 Å². The Labute approximate surface area is 142 Å². The molecule has 126 valence electrons. The summed E-state index contributed by atoms with van der Waals surface area (Å²) in [6.07, 6.45) is 3.20. The van der Waals surface area contributed by atoms with Crippen molar-refractivity contribution in [1.29, 1.82) is 0 Å². The SMILES string of the molecule is CCOc1ccc(/C=C\C(=O)NCc2ccc(OC)cc2)cc1N. The van der Waals surface area contributed by atoms with Crippen LogP contribution >= 0.6 is 0 Å². The zero-order valence-electron chi connectivity index (χ0n) is 13.9. The molecular weight excluding hydrogens is 304 g/mol. The van der Waals surface area contributed by atoms with Crippen molar-refractivity contribution in [2.75, 3.05) is 19.5 Å². The van der Waals surface area contributed by atoms with E-state index in [9.17, 15) is 4.79 Å². The summed E-state index contributed by atoms with van der Waals surface area (Å²) in [5, 5.41) is 2.83. The van der Waals surface area contributed by atoms with E-state index in [1.54, 1.807) is 25.3 Å². The molecule has 0 radical (unpaired) electrons. The molecule has 24 heavy (non-hydrogen) atoms. The van der Waals surface area contributed by atoms with Crippen molar-refractivity contribution in [2.45, 2.75) is 13.5 Å². The molecule has 5 heteroatoms. The Morgan fingerprint density at radius 2 is 1.96 bits per heavy atom. The fraction of sp³-hybridized carbons (Fsp3) is 0.211. The van der Waals surface area contributed by atoms with Crippen LogP contribution in [-0.4, -0.2) is 19.6 Å². The maximum atomic E-state index is 11.9. The molecule has 0 saturated heterocycles. The molecule has 0 heterocycles. The third kappa shape index (κ3) is 5.05. The molecule has 0 unspecified atom stereocenters. The Bertz CT molecular complexity index is 709. The number of rotatable bonds is 7. The minimum Gasteiger partial charge on any atom is -0.497 e.